The van der Waals surface area contributed by atoms with Crippen molar-refractivity contribution in [3.8, 4) is 0 Å². The largest absolute Gasteiger partial charge is 0.317 e. The molecule has 0 spiro atoms. The van der Waals surface area contributed by atoms with Crippen molar-refractivity contribution in [1.29, 1.82) is 0 Å². The van der Waals surface area contributed by atoms with E-state index >= 15 is 0 Å². The average molecular weight is 133 g/mol. The van der Waals surface area contributed by atoms with Crippen LogP contribution in [0.3, 0.4) is 0 Å². The molecule has 60 valence electrons. The molecule has 0 unspecified atom stereocenters. The van der Waals surface area contributed by atoms with Gasteiger partial charge in [0.05, 0.1) is 0 Å². The summed E-state index contributed by atoms with van der Waals surface area (Å²) in [6.07, 6.45) is 1.25. The van der Waals surface area contributed by atoms with E-state index in [0.29, 0.717) is 0 Å². The Morgan fingerprint density at radius 3 is 1.11 bits per heavy atom. The number of nitrogens with one attached hydrogen (secondary N) is 1. The summed E-state index contributed by atoms with van der Waals surface area (Å²) in [4.78, 5) is 0. The van der Waals surface area contributed by atoms with Gasteiger partial charge in [-0.05, 0) is 13.1 Å². The van der Waals surface area contributed by atoms with Crippen LogP contribution >= 0.6 is 0 Å². The Balaban J connectivity index is -0.0000000800. The number of hydrogen-bond donors (Lipinski definition) is 1. The Hall–Kier alpha value is -0.0400. The lowest BCUT2D eigenvalue weighted by Gasteiger charge is -1.86. The monoisotopic (exact) mass is 133 g/mol. The van der Waals surface area contributed by atoms with Crippen LogP contribution in [-0.2, 0) is 0 Å². The molecule has 0 amide bonds. The van der Waals surface area contributed by atoms with Crippen LogP contribution in [0.4, 0.5) is 0 Å². The van der Waals surface area contributed by atoms with Gasteiger partial charge < -0.3 is 5.32 Å². The Labute approximate surface area is 60.9 Å². The fourth-order valence-corrected chi connectivity index (χ4v) is 0.250. The van der Waals surface area contributed by atoms with E-state index in [1.807, 2.05) is 0 Å². The van der Waals surface area contributed by atoms with E-state index in [2.05, 4.69) is 33.0 Å². The highest BCUT2D eigenvalue weighted by Gasteiger charge is 1.62. The minimum absolute atomic E-state index is 0. The highest BCUT2D eigenvalue weighted by Crippen LogP contribution is 1.56. The summed E-state index contributed by atoms with van der Waals surface area (Å²) in [5, 5.41) is 3.11. The molecular weight excluding hydrogens is 110 g/mol. The van der Waals surface area contributed by atoms with Gasteiger partial charge in [-0.25, -0.2) is 0 Å². The summed E-state index contributed by atoms with van der Waals surface area (Å²) < 4.78 is 0. The van der Waals surface area contributed by atoms with Crippen molar-refractivity contribution in [1.82, 2.24) is 5.32 Å². The van der Waals surface area contributed by atoms with Crippen molar-refractivity contribution in [3.05, 3.63) is 0 Å². The third kappa shape index (κ3) is 73.6. The highest BCUT2D eigenvalue weighted by atomic mass is 14.8. The molecule has 1 N–H and O–H groups in total. The first-order chi connectivity index (χ1) is 3.83. The molecule has 0 heterocycles. The van der Waals surface area contributed by atoms with Gasteiger partial charge in [0.2, 0.25) is 0 Å². The van der Waals surface area contributed by atoms with Crippen LogP contribution in [0.1, 0.15) is 41.5 Å². The maximum Gasteiger partial charge on any atom is -0.00775 e. The van der Waals surface area contributed by atoms with Gasteiger partial charge in [-0.3, -0.25) is 0 Å². The molecule has 1 heteroatoms. The molecule has 9 heavy (non-hydrogen) atoms. The van der Waals surface area contributed by atoms with Gasteiger partial charge in [0.1, 0.15) is 0 Å². The van der Waals surface area contributed by atoms with E-state index in [1.165, 1.54) is 6.42 Å². The summed E-state index contributed by atoms with van der Waals surface area (Å²) in [6.45, 7) is 10.6. The van der Waals surface area contributed by atoms with Gasteiger partial charge in [-0.2, -0.15) is 0 Å². The maximum atomic E-state index is 3.11. The third-order valence-electron chi connectivity index (χ3n) is 0.500. The minimum atomic E-state index is 0. The molecule has 0 saturated heterocycles. The van der Waals surface area contributed by atoms with Crippen molar-refractivity contribution in [2.24, 2.45) is 0 Å². The maximum absolute atomic E-state index is 3.11. The fraction of sp³-hybridized carbons (Fsp3) is 1.00. The van der Waals surface area contributed by atoms with Crippen LogP contribution in [0.2, 0.25) is 0 Å². The van der Waals surface area contributed by atoms with Gasteiger partial charge in [-0.1, -0.05) is 41.5 Å². The second kappa shape index (κ2) is 24.6. The Kier molecular flexibility index (Phi) is 43.7. The van der Waals surface area contributed by atoms with E-state index in [1.54, 1.807) is 0 Å². The molecule has 0 radical (unpaired) electrons. The minimum Gasteiger partial charge on any atom is -0.317 e. The average Bonchev–Trinajstić information content (AvgIpc) is 1.71. The summed E-state index contributed by atoms with van der Waals surface area (Å²) in [5.41, 5.74) is 0. The summed E-state index contributed by atoms with van der Waals surface area (Å²) in [7, 11) is 0. The molecule has 1 nitrogen and oxygen atoms in total. The molecule has 0 saturated carbocycles. The van der Waals surface area contributed by atoms with Gasteiger partial charge in [-0.15, -0.1) is 0 Å². The second-order valence-electron chi connectivity index (χ2n) is 1.66. The zero-order chi connectivity index (χ0) is 6.83. The number of hydrogen-bond acceptors (Lipinski definition) is 1. The smallest absolute Gasteiger partial charge is 0.00775 e. The van der Waals surface area contributed by atoms with Gasteiger partial charge >= 0.3 is 0 Å². The Bertz CT molecular complexity index is 18.5. The standard InChI is InChI=1S/C4H11N.C3H8.CH4/c1-3-5-4-2;1-3-2;/h5H,3-4H2,1-2H3;3H2,1-2H3;1H4. The predicted molar refractivity (Wildman–Crippen MR) is 46.9 cm³/mol. The van der Waals surface area contributed by atoms with E-state index < -0.39 is 0 Å². The molecule has 0 aliphatic carbocycles. The van der Waals surface area contributed by atoms with E-state index in [9.17, 15) is 0 Å². The molecular formula is C8H23N. The van der Waals surface area contributed by atoms with Crippen molar-refractivity contribution in [2.45, 2.75) is 41.5 Å². The summed E-state index contributed by atoms with van der Waals surface area (Å²) in [5.74, 6) is 0. The topological polar surface area (TPSA) is 12.0 Å². The highest BCUT2D eigenvalue weighted by molar-refractivity contribution is 4.27. The summed E-state index contributed by atoms with van der Waals surface area (Å²) >= 11 is 0. The van der Waals surface area contributed by atoms with Crippen molar-refractivity contribution in [2.75, 3.05) is 13.1 Å². The zero-order valence-electron chi connectivity index (χ0n) is 6.62. The molecule has 0 aromatic carbocycles. The first kappa shape index (κ1) is 16.0. The van der Waals surface area contributed by atoms with Gasteiger partial charge in [0.15, 0.2) is 0 Å². The first-order valence-corrected chi connectivity index (χ1v) is 3.54. The SMILES string of the molecule is C.CCC.CCNCC. The molecule has 0 atom stereocenters. The van der Waals surface area contributed by atoms with E-state index in [0.717, 1.165) is 13.1 Å². The zero-order valence-corrected chi connectivity index (χ0v) is 6.62. The van der Waals surface area contributed by atoms with Crippen LogP contribution in [0.25, 0.3) is 0 Å². The van der Waals surface area contributed by atoms with Crippen LogP contribution in [0, 0.1) is 0 Å². The van der Waals surface area contributed by atoms with Crippen LogP contribution < -0.4 is 5.32 Å². The lowest BCUT2D eigenvalue weighted by atomic mass is 10.6. The summed E-state index contributed by atoms with van der Waals surface area (Å²) in [6, 6.07) is 0. The lowest BCUT2D eigenvalue weighted by Crippen LogP contribution is -2.09. The molecule has 0 fully saturated rings. The fourth-order valence-electron chi connectivity index (χ4n) is 0.250. The molecule has 0 aromatic heterocycles. The number of rotatable bonds is 2. The van der Waals surface area contributed by atoms with Crippen LogP contribution in [-0.4, -0.2) is 13.1 Å². The lowest BCUT2D eigenvalue weighted by molar-refractivity contribution is 0.762. The normalized spacial score (nSPS) is 6.67. The quantitative estimate of drug-likeness (QED) is 0.610. The van der Waals surface area contributed by atoms with Gasteiger partial charge in [0, 0.05) is 0 Å². The van der Waals surface area contributed by atoms with Crippen LogP contribution in [0.5, 0.6) is 0 Å². The van der Waals surface area contributed by atoms with E-state index in [-0.39, 0.29) is 7.43 Å². The van der Waals surface area contributed by atoms with Crippen molar-refractivity contribution < 1.29 is 0 Å². The van der Waals surface area contributed by atoms with Crippen molar-refractivity contribution in [3.63, 3.8) is 0 Å². The molecule has 0 aromatic rings. The van der Waals surface area contributed by atoms with Gasteiger partial charge in [0.25, 0.3) is 0 Å². The third-order valence-corrected chi connectivity index (χ3v) is 0.500. The van der Waals surface area contributed by atoms with Crippen molar-refractivity contribution >= 4 is 0 Å². The Morgan fingerprint density at radius 2 is 1.11 bits per heavy atom. The Morgan fingerprint density at radius 1 is 0.889 bits per heavy atom. The van der Waals surface area contributed by atoms with E-state index in [4.69, 9.17) is 0 Å². The first-order valence-electron chi connectivity index (χ1n) is 3.54. The molecule has 0 aliphatic heterocycles. The predicted octanol–water partition coefficient (Wildman–Crippen LogP) is 2.67. The van der Waals surface area contributed by atoms with Crippen LogP contribution in [0.15, 0.2) is 0 Å². The second-order valence-corrected chi connectivity index (χ2v) is 1.66. The molecule has 0 aliphatic rings. The molecule has 0 rings (SSSR count). The molecule has 0 bridgehead atoms.